The fraction of sp³-hybridized carbons (Fsp3) is 0.480. The van der Waals surface area contributed by atoms with E-state index < -0.39 is 0 Å². The van der Waals surface area contributed by atoms with E-state index in [9.17, 15) is 4.79 Å². The molecule has 1 aliphatic rings. The molecule has 6 nitrogen and oxygen atoms in total. The highest BCUT2D eigenvalue weighted by molar-refractivity contribution is 5.95. The van der Waals surface area contributed by atoms with Crippen molar-refractivity contribution in [2.24, 2.45) is 0 Å². The van der Waals surface area contributed by atoms with Gasteiger partial charge < -0.3 is 19.1 Å². The number of carbonyl (C=O) groups is 1. The van der Waals surface area contributed by atoms with Crippen LogP contribution in [-0.4, -0.2) is 67.8 Å². The smallest absolute Gasteiger partial charge is 0.254 e. The van der Waals surface area contributed by atoms with E-state index in [0.29, 0.717) is 23.6 Å². The number of benzene rings is 2. The van der Waals surface area contributed by atoms with Crippen LogP contribution in [0.1, 0.15) is 36.7 Å². The average Bonchev–Trinajstić information content (AvgIpc) is 2.78. The van der Waals surface area contributed by atoms with E-state index in [1.165, 1.54) is 0 Å². The molecule has 1 fully saturated rings. The lowest BCUT2D eigenvalue weighted by Crippen LogP contribution is -2.48. The molecule has 2 aromatic rings. The van der Waals surface area contributed by atoms with Crippen LogP contribution in [0, 0.1) is 0 Å². The minimum absolute atomic E-state index is 0.0148. The van der Waals surface area contributed by atoms with Crippen LogP contribution < -0.4 is 9.47 Å². The maximum atomic E-state index is 13.6. The van der Waals surface area contributed by atoms with Crippen LogP contribution in [0.5, 0.6) is 11.5 Å². The lowest BCUT2D eigenvalue weighted by atomic mass is 10.1. The van der Waals surface area contributed by atoms with Crippen molar-refractivity contribution in [2.45, 2.75) is 39.5 Å². The molecule has 0 spiro atoms. The topological polar surface area (TPSA) is 51.2 Å². The van der Waals surface area contributed by atoms with Gasteiger partial charge in [0, 0.05) is 37.8 Å². The molecule has 0 saturated carbocycles. The molecule has 0 aliphatic carbocycles. The van der Waals surface area contributed by atoms with E-state index in [0.717, 1.165) is 38.4 Å². The largest absolute Gasteiger partial charge is 0.493 e. The molecule has 0 aromatic heterocycles. The molecule has 2 aromatic carbocycles. The normalized spacial score (nSPS) is 15.5. The summed E-state index contributed by atoms with van der Waals surface area (Å²) in [7, 11) is 1.60. The minimum Gasteiger partial charge on any atom is -0.493 e. The predicted octanol–water partition coefficient (Wildman–Crippen LogP) is 3.85. The van der Waals surface area contributed by atoms with E-state index in [2.05, 4.69) is 24.0 Å². The van der Waals surface area contributed by atoms with Gasteiger partial charge in [0.15, 0.2) is 11.5 Å². The van der Waals surface area contributed by atoms with Gasteiger partial charge in [-0.3, -0.25) is 9.69 Å². The number of nitrogens with zero attached hydrogens (tertiary/aromatic N) is 2. The van der Waals surface area contributed by atoms with Crippen LogP contribution in [-0.2, 0) is 11.3 Å². The van der Waals surface area contributed by atoms with Crippen molar-refractivity contribution >= 4 is 5.91 Å². The first-order valence-electron chi connectivity index (χ1n) is 11.0. The molecule has 3 rings (SSSR count). The molecule has 1 atom stereocenters. The zero-order valence-electron chi connectivity index (χ0n) is 19.0. The summed E-state index contributed by atoms with van der Waals surface area (Å²) >= 11 is 0. The lowest BCUT2D eigenvalue weighted by molar-refractivity contribution is 0.0228. The maximum Gasteiger partial charge on any atom is 0.254 e. The fourth-order valence-corrected chi connectivity index (χ4v) is 3.78. The summed E-state index contributed by atoms with van der Waals surface area (Å²) < 4.78 is 16.8. The van der Waals surface area contributed by atoms with Gasteiger partial charge in [-0.25, -0.2) is 0 Å². The Bertz CT molecular complexity index is 835. The number of morpholine rings is 1. The van der Waals surface area contributed by atoms with Crippen LogP contribution in [0.4, 0.5) is 0 Å². The summed E-state index contributed by atoms with van der Waals surface area (Å²) in [5, 5.41) is 0. The first-order chi connectivity index (χ1) is 15.0. The van der Waals surface area contributed by atoms with Crippen LogP contribution in [0.3, 0.4) is 0 Å². The van der Waals surface area contributed by atoms with Crippen molar-refractivity contribution in [2.75, 3.05) is 40.0 Å². The average molecular weight is 427 g/mol. The van der Waals surface area contributed by atoms with Gasteiger partial charge in [-0.15, -0.1) is 0 Å². The van der Waals surface area contributed by atoms with Crippen LogP contribution in [0.2, 0.25) is 0 Å². The Hall–Kier alpha value is -2.57. The Morgan fingerprint density at radius 3 is 2.42 bits per heavy atom. The number of rotatable bonds is 9. The molecule has 1 heterocycles. The number of amides is 1. The molecule has 168 valence electrons. The minimum atomic E-state index is -0.0148. The lowest BCUT2D eigenvalue weighted by Gasteiger charge is -2.35. The number of carbonyl (C=O) groups excluding carboxylic acids is 1. The zero-order valence-corrected chi connectivity index (χ0v) is 19.0. The van der Waals surface area contributed by atoms with Crippen molar-refractivity contribution in [3.63, 3.8) is 0 Å². The van der Waals surface area contributed by atoms with E-state index >= 15 is 0 Å². The second kappa shape index (κ2) is 11.2. The highest BCUT2D eigenvalue weighted by Gasteiger charge is 2.25. The molecule has 31 heavy (non-hydrogen) atoms. The molecule has 1 aliphatic heterocycles. The summed E-state index contributed by atoms with van der Waals surface area (Å²) in [5.41, 5.74) is 1.70. The molecular weight excluding hydrogens is 392 g/mol. The predicted molar refractivity (Wildman–Crippen MR) is 122 cm³/mol. The van der Waals surface area contributed by atoms with Gasteiger partial charge >= 0.3 is 0 Å². The second-order valence-corrected chi connectivity index (χ2v) is 8.21. The number of hydrogen-bond acceptors (Lipinski definition) is 5. The van der Waals surface area contributed by atoms with Crippen molar-refractivity contribution in [1.29, 1.82) is 0 Å². The molecule has 6 heteroatoms. The summed E-state index contributed by atoms with van der Waals surface area (Å²) in [5.74, 6) is 1.20. The molecular formula is C25H34N2O4. The second-order valence-electron chi connectivity index (χ2n) is 8.21. The molecule has 1 unspecified atom stereocenters. The van der Waals surface area contributed by atoms with Crippen molar-refractivity contribution in [3.8, 4) is 11.5 Å². The van der Waals surface area contributed by atoms with E-state index in [1.807, 2.05) is 49.1 Å². The molecule has 0 radical (unpaired) electrons. The van der Waals surface area contributed by atoms with Crippen molar-refractivity contribution in [3.05, 3.63) is 59.7 Å². The standard InChI is InChI=1S/C25H34N2O4/c1-19(2)31-23-11-10-22(16-24(23)29-4)25(28)27(18-21-8-6-5-7-9-21)20(3)17-26-12-14-30-15-13-26/h5-11,16,19-20H,12-15,17-18H2,1-4H3. The highest BCUT2D eigenvalue weighted by atomic mass is 16.5. The van der Waals surface area contributed by atoms with Gasteiger partial charge in [0.05, 0.1) is 26.4 Å². The first-order valence-corrected chi connectivity index (χ1v) is 11.0. The number of ether oxygens (including phenoxy) is 3. The highest BCUT2D eigenvalue weighted by Crippen LogP contribution is 2.30. The Kier molecular flexibility index (Phi) is 8.32. The molecule has 0 N–H and O–H groups in total. The number of hydrogen-bond donors (Lipinski definition) is 0. The Balaban J connectivity index is 1.83. The SMILES string of the molecule is COc1cc(C(=O)N(Cc2ccccc2)C(C)CN2CCOCC2)ccc1OC(C)C. The van der Waals surface area contributed by atoms with E-state index in [-0.39, 0.29) is 18.1 Å². The monoisotopic (exact) mass is 426 g/mol. The van der Waals surface area contributed by atoms with Crippen molar-refractivity contribution in [1.82, 2.24) is 9.80 Å². The van der Waals surface area contributed by atoms with Gasteiger partial charge in [-0.1, -0.05) is 30.3 Å². The van der Waals surface area contributed by atoms with Gasteiger partial charge in [0.25, 0.3) is 5.91 Å². The number of methoxy groups -OCH3 is 1. The molecule has 1 amide bonds. The van der Waals surface area contributed by atoms with Crippen LogP contribution in [0.25, 0.3) is 0 Å². The fourth-order valence-electron chi connectivity index (χ4n) is 3.78. The van der Waals surface area contributed by atoms with E-state index in [4.69, 9.17) is 14.2 Å². The third kappa shape index (κ3) is 6.45. The quantitative estimate of drug-likeness (QED) is 0.610. The summed E-state index contributed by atoms with van der Waals surface area (Å²) in [6.45, 7) is 10.7. The van der Waals surface area contributed by atoms with Gasteiger partial charge in [-0.05, 0) is 44.5 Å². The van der Waals surface area contributed by atoms with Crippen LogP contribution in [0.15, 0.2) is 48.5 Å². The summed E-state index contributed by atoms with van der Waals surface area (Å²) in [4.78, 5) is 17.9. The molecule has 0 bridgehead atoms. The zero-order chi connectivity index (χ0) is 22.2. The summed E-state index contributed by atoms with van der Waals surface area (Å²) in [6.07, 6.45) is 0.0265. The van der Waals surface area contributed by atoms with Crippen molar-refractivity contribution < 1.29 is 19.0 Å². The van der Waals surface area contributed by atoms with E-state index in [1.54, 1.807) is 13.2 Å². The maximum absolute atomic E-state index is 13.6. The van der Waals surface area contributed by atoms with Crippen LogP contribution >= 0.6 is 0 Å². The Morgan fingerprint density at radius 1 is 1.06 bits per heavy atom. The molecule has 1 saturated heterocycles. The van der Waals surface area contributed by atoms with Gasteiger partial charge in [0.1, 0.15) is 0 Å². The Morgan fingerprint density at radius 2 is 1.77 bits per heavy atom. The van der Waals surface area contributed by atoms with Gasteiger partial charge in [0.2, 0.25) is 0 Å². The Labute approximate surface area is 185 Å². The first kappa shape index (κ1) is 23.1. The summed E-state index contributed by atoms with van der Waals surface area (Å²) in [6, 6.07) is 15.6. The third-order valence-electron chi connectivity index (χ3n) is 5.39. The third-order valence-corrected chi connectivity index (χ3v) is 5.39. The van der Waals surface area contributed by atoms with Gasteiger partial charge in [-0.2, -0.15) is 0 Å².